The Bertz CT molecular complexity index is 656. The van der Waals surface area contributed by atoms with E-state index in [9.17, 15) is 10.1 Å². The summed E-state index contributed by atoms with van der Waals surface area (Å²) in [5.41, 5.74) is 7.77. The van der Waals surface area contributed by atoms with Crippen LogP contribution in [0.15, 0.2) is 36.4 Å². The largest absolute Gasteiger partial charge is 0.492 e. The Labute approximate surface area is 122 Å². The Morgan fingerprint density at radius 2 is 1.76 bits per heavy atom. The molecule has 0 saturated carbocycles. The van der Waals surface area contributed by atoms with Gasteiger partial charge in [-0.2, -0.15) is 0 Å². The van der Waals surface area contributed by atoms with Gasteiger partial charge < -0.3 is 15.2 Å². The van der Waals surface area contributed by atoms with Gasteiger partial charge in [0.1, 0.15) is 0 Å². The van der Waals surface area contributed by atoms with Gasteiger partial charge in [0, 0.05) is 23.7 Å². The predicted octanol–water partition coefficient (Wildman–Crippen LogP) is 2.79. The highest BCUT2D eigenvalue weighted by molar-refractivity contribution is 5.70. The second-order valence-corrected chi connectivity index (χ2v) is 4.45. The number of rotatable bonds is 5. The van der Waals surface area contributed by atoms with Gasteiger partial charge >= 0.3 is 5.69 Å². The van der Waals surface area contributed by atoms with E-state index in [1.165, 1.54) is 20.3 Å². The van der Waals surface area contributed by atoms with Crippen molar-refractivity contribution in [2.24, 2.45) is 0 Å². The molecule has 0 aliphatic rings. The molecule has 2 aromatic carbocycles. The number of benzene rings is 2. The summed E-state index contributed by atoms with van der Waals surface area (Å²) < 4.78 is 10.4. The van der Waals surface area contributed by atoms with Crippen molar-refractivity contribution < 1.29 is 14.4 Å². The molecule has 0 spiro atoms. The molecule has 110 valence electrons. The summed E-state index contributed by atoms with van der Waals surface area (Å²) >= 11 is 0. The van der Waals surface area contributed by atoms with E-state index in [0.29, 0.717) is 23.4 Å². The first-order valence-electron chi connectivity index (χ1n) is 6.30. The van der Waals surface area contributed by atoms with E-state index >= 15 is 0 Å². The first-order valence-corrected chi connectivity index (χ1v) is 6.30. The minimum absolute atomic E-state index is 0.0858. The highest BCUT2D eigenvalue weighted by atomic mass is 16.6. The third-order valence-electron chi connectivity index (χ3n) is 3.18. The Kier molecular flexibility index (Phi) is 4.27. The van der Waals surface area contributed by atoms with Crippen LogP contribution in [0.2, 0.25) is 0 Å². The molecule has 0 bridgehead atoms. The molecular formula is C15H16N2O4. The smallest absolute Gasteiger partial charge is 0.316 e. The second-order valence-electron chi connectivity index (χ2n) is 4.45. The molecule has 2 N–H and O–H groups in total. The van der Waals surface area contributed by atoms with Crippen molar-refractivity contribution >= 4 is 11.4 Å². The molecule has 0 atom stereocenters. The monoisotopic (exact) mass is 288 g/mol. The number of hydrogen-bond acceptors (Lipinski definition) is 5. The van der Waals surface area contributed by atoms with Crippen LogP contribution < -0.4 is 15.2 Å². The fourth-order valence-corrected chi connectivity index (χ4v) is 2.22. The summed E-state index contributed by atoms with van der Waals surface area (Å²) in [7, 11) is 2.81. The first kappa shape index (κ1) is 14.6. The van der Waals surface area contributed by atoms with Gasteiger partial charge in [0.05, 0.1) is 19.1 Å². The molecule has 0 aliphatic carbocycles. The van der Waals surface area contributed by atoms with Crippen LogP contribution in [0.4, 0.5) is 11.4 Å². The van der Waals surface area contributed by atoms with Crippen molar-refractivity contribution in [1.82, 2.24) is 0 Å². The summed E-state index contributed by atoms with van der Waals surface area (Å²) in [5.74, 6) is 0.385. The minimum atomic E-state index is -0.538. The highest BCUT2D eigenvalue weighted by Crippen LogP contribution is 2.43. The number of nitrogens with zero attached hydrogens (tertiary/aromatic N) is 1. The molecule has 6 heteroatoms. The number of nitrogen functional groups attached to an aromatic ring is 1. The topological polar surface area (TPSA) is 87.6 Å². The Hall–Kier alpha value is -2.76. The zero-order chi connectivity index (χ0) is 15.4. The maximum atomic E-state index is 11.1. The van der Waals surface area contributed by atoms with Gasteiger partial charge in [-0.3, -0.25) is 10.1 Å². The van der Waals surface area contributed by atoms with E-state index < -0.39 is 4.92 Å². The number of nitro groups is 1. The van der Waals surface area contributed by atoms with Crippen LogP contribution in [0.1, 0.15) is 11.1 Å². The lowest BCUT2D eigenvalue weighted by Crippen LogP contribution is -2.05. The number of nitro benzene ring substituents is 1. The summed E-state index contributed by atoms with van der Waals surface area (Å²) in [6, 6.07) is 11.0. The number of ether oxygens (including phenoxy) is 2. The first-order chi connectivity index (χ1) is 10.1. The molecule has 0 aromatic heterocycles. The van der Waals surface area contributed by atoms with Crippen LogP contribution in [0, 0.1) is 10.1 Å². The van der Waals surface area contributed by atoms with Crippen LogP contribution in [0.25, 0.3) is 0 Å². The predicted molar refractivity (Wildman–Crippen MR) is 79.9 cm³/mol. The van der Waals surface area contributed by atoms with E-state index in [0.717, 1.165) is 5.56 Å². The number of anilines is 1. The number of methoxy groups -OCH3 is 2. The lowest BCUT2D eigenvalue weighted by molar-refractivity contribution is -0.385. The van der Waals surface area contributed by atoms with Gasteiger partial charge in [0.25, 0.3) is 0 Å². The van der Waals surface area contributed by atoms with Crippen molar-refractivity contribution in [3.8, 4) is 11.5 Å². The van der Waals surface area contributed by atoms with Crippen molar-refractivity contribution in [2.45, 2.75) is 6.42 Å². The fourth-order valence-electron chi connectivity index (χ4n) is 2.22. The Morgan fingerprint density at radius 3 is 2.29 bits per heavy atom. The van der Waals surface area contributed by atoms with Gasteiger partial charge in [-0.1, -0.05) is 30.3 Å². The molecule has 0 aliphatic heterocycles. The van der Waals surface area contributed by atoms with Crippen LogP contribution in [0.3, 0.4) is 0 Å². The Balaban J connectivity index is 2.58. The van der Waals surface area contributed by atoms with Gasteiger partial charge in [-0.05, 0) is 5.56 Å². The average molecular weight is 288 g/mol. The lowest BCUT2D eigenvalue weighted by atomic mass is 10.0. The SMILES string of the molecule is COc1c([N+](=O)[O-])cc(N)c(Cc2ccccc2)c1OC. The molecule has 6 nitrogen and oxygen atoms in total. The highest BCUT2D eigenvalue weighted by Gasteiger charge is 2.25. The van der Waals surface area contributed by atoms with Crippen LogP contribution in [0.5, 0.6) is 11.5 Å². The maximum absolute atomic E-state index is 11.1. The van der Waals surface area contributed by atoms with E-state index in [2.05, 4.69) is 0 Å². The molecule has 21 heavy (non-hydrogen) atoms. The number of nitrogens with two attached hydrogens (primary N) is 1. The lowest BCUT2D eigenvalue weighted by Gasteiger charge is -2.15. The number of hydrogen-bond donors (Lipinski definition) is 1. The molecule has 0 radical (unpaired) electrons. The third kappa shape index (κ3) is 2.89. The summed E-state index contributed by atoms with van der Waals surface area (Å²) in [6.45, 7) is 0. The van der Waals surface area contributed by atoms with E-state index in [1.807, 2.05) is 30.3 Å². The zero-order valence-corrected chi connectivity index (χ0v) is 11.8. The molecule has 2 aromatic rings. The van der Waals surface area contributed by atoms with Gasteiger partial charge in [-0.15, -0.1) is 0 Å². The summed E-state index contributed by atoms with van der Waals surface area (Å²) in [4.78, 5) is 10.5. The standard InChI is InChI=1S/C15H16N2O4/c1-20-14-11(8-10-6-4-3-5-7-10)12(16)9-13(17(18)19)15(14)21-2/h3-7,9H,8,16H2,1-2H3. The van der Waals surface area contributed by atoms with Gasteiger partial charge in [-0.25, -0.2) is 0 Å². The normalized spacial score (nSPS) is 10.2. The van der Waals surface area contributed by atoms with Crippen molar-refractivity contribution in [3.63, 3.8) is 0 Å². The molecule has 2 rings (SSSR count). The zero-order valence-electron chi connectivity index (χ0n) is 11.8. The molecule has 0 amide bonds. The van der Waals surface area contributed by atoms with Crippen LogP contribution in [-0.4, -0.2) is 19.1 Å². The van der Waals surface area contributed by atoms with E-state index in [1.54, 1.807) is 0 Å². The second kappa shape index (κ2) is 6.13. The van der Waals surface area contributed by atoms with Crippen molar-refractivity contribution in [3.05, 3.63) is 57.6 Å². The average Bonchev–Trinajstić information content (AvgIpc) is 2.49. The van der Waals surface area contributed by atoms with E-state index in [4.69, 9.17) is 15.2 Å². The summed E-state index contributed by atoms with van der Waals surface area (Å²) in [6.07, 6.45) is 0.504. The third-order valence-corrected chi connectivity index (χ3v) is 3.18. The molecule has 0 saturated heterocycles. The summed E-state index contributed by atoms with van der Waals surface area (Å²) in [5, 5.41) is 11.1. The quantitative estimate of drug-likeness (QED) is 0.519. The molecule has 0 unspecified atom stereocenters. The van der Waals surface area contributed by atoms with Gasteiger partial charge in [0.2, 0.25) is 5.75 Å². The van der Waals surface area contributed by atoms with Crippen molar-refractivity contribution in [1.29, 1.82) is 0 Å². The van der Waals surface area contributed by atoms with Gasteiger partial charge in [0.15, 0.2) is 5.75 Å². The van der Waals surface area contributed by atoms with Crippen LogP contribution >= 0.6 is 0 Å². The maximum Gasteiger partial charge on any atom is 0.316 e. The van der Waals surface area contributed by atoms with E-state index in [-0.39, 0.29) is 11.4 Å². The fraction of sp³-hybridized carbons (Fsp3) is 0.200. The van der Waals surface area contributed by atoms with Crippen LogP contribution in [-0.2, 0) is 6.42 Å². The van der Waals surface area contributed by atoms with Crippen molar-refractivity contribution in [2.75, 3.05) is 20.0 Å². The Morgan fingerprint density at radius 1 is 1.14 bits per heavy atom. The molecular weight excluding hydrogens is 272 g/mol. The minimum Gasteiger partial charge on any atom is -0.492 e. The molecule has 0 heterocycles. The molecule has 0 fully saturated rings.